The lowest BCUT2D eigenvalue weighted by Crippen LogP contribution is -2.29. The number of ether oxygens (including phenoxy) is 1. The number of aromatic hydroxyl groups is 1. The van der Waals surface area contributed by atoms with Crippen molar-refractivity contribution in [1.29, 1.82) is 0 Å². The van der Waals surface area contributed by atoms with Crippen molar-refractivity contribution in [3.63, 3.8) is 0 Å². The van der Waals surface area contributed by atoms with E-state index in [9.17, 15) is 9.18 Å². The first kappa shape index (κ1) is 12.4. The third kappa shape index (κ3) is 2.70. The maximum absolute atomic E-state index is 13.1. The van der Waals surface area contributed by atoms with Gasteiger partial charge in [0.05, 0.1) is 7.11 Å². The van der Waals surface area contributed by atoms with Crippen LogP contribution < -0.4 is 5.32 Å². The van der Waals surface area contributed by atoms with Crippen molar-refractivity contribution in [1.82, 2.24) is 5.32 Å². The SMILES string of the molecule is CCNC(C(=O)OC)c1ccc(O)c(F)c1. The van der Waals surface area contributed by atoms with E-state index in [-0.39, 0.29) is 0 Å². The van der Waals surface area contributed by atoms with Gasteiger partial charge in [0.1, 0.15) is 6.04 Å². The quantitative estimate of drug-likeness (QED) is 0.762. The zero-order chi connectivity index (χ0) is 12.1. The fourth-order valence-electron chi connectivity index (χ4n) is 1.36. The number of hydrogen-bond acceptors (Lipinski definition) is 4. The van der Waals surface area contributed by atoms with Gasteiger partial charge in [-0.15, -0.1) is 0 Å². The molecular weight excluding hydrogens is 213 g/mol. The third-order valence-corrected chi connectivity index (χ3v) is 2.15. The van der Waals surface area contributed by atoms with E-state index in [1.54, 1.807) is 0 Å². The summed E-state index contributed by atoms with van der Waals surface area (Å²) in [4.78, 5) is 11.4. The Bertz CT molecular complexity index is 381. The van der Waals surface area contributed by atoms with Gasteiger partial charge in [0.25, 0.3) is 0 Å². The summed E-state index contributed by atoms with van der Waals surface area (Å²) in [6.07, 6.45) is 0. The summed E-state index contributed by atoms with van der Waals surface area (Å²) in [6.45, 7) is 2.37. The molecule has 1 aromatic carbocycles. The standard InChI is InChI=1S/C11H14FNO3/c1-3-13-10(11(15)16-2)7-4-5-9(14)8(12)6-7/h4-6,10,13-14H,3H2,1-2H3. The van der Waals surface area contributed by atoms with Crippen LogP contribution in [0.3, 0.4) is 0 Å². The number of rotatable bonds is 4. The smallest absolute Gasteiger partial charge is 0.327 e. The van der Waals surface area contributed by atoms with E-state index >= 15 is 0 Å². The number of halogens is 1. The number of benzene rings is 1. The molecule has 5 heteroatoms. The predicted octanol–water partition coefficient (Wildman–Crippen LogP) is 1.35. The molecule has 0 saturated carbocycles. The molecule has 0 aliphatic rings. The summed E-state index contributed by atoms with van der Waals surface area (Å²) in [6, 6.07) is 3.07. The Balaban J connectivity index is 3.01. The van der Waals surface area contributed by atoms with Crippen molar-refractivity contribution >= 4 is 5.97 Å². The zero-order valence-electron chi connectivity index (χ0n) is 9.16. The monoisotopic (exact) mass is 227 g/mol. The number of nitrogens with one attached hydrogen (secondary N) is 1. The first-order chi connectivity index (χ1) is 7.60. The lowest BCUT2D eigenvalue weighted by molar-refractivity contribution is -0.143. The number of likely N-dealkylation sites (N-methyl/N-ethyl adjacent to an activating group) is 1. The molecule has 0 aliphatic carbocycles. The topological polar surface area (TPSA) is 58.6 Å². The minimum absolute atomic E-state index is 0.420. The molecule has 2 N–H and O–H groups in total. The van der Waals surface area contributed by atoms with Crippen molar-refractivity contribution in [2.75, 3.05) is 13.7 Å². The highest BCUT2D eigenvalue weighted by Crippen LogP contribution is 2.21. The lowest BCUT2D eigenvalue weighted by Gasteiger charge is -2.15. The first-order valence-corrected chi connectivity index (χ1v) is 4.89. The van der Waals surface area contributed by atoms with Crippen molar-refractivity contribution in [3.8, 4) is 5.75 Å². The Morgan fingerprint density at radius 2 is 2.31 bits per heavy atom. The van der Waals surface area contributed by atoms with E-state index in [4.69, 9.17) is 5.11 Å². The molecule has 1 rings (SSSR count). The van der Waals surface area contributed by atoms with E-state index < -0.39 is 23.6 Å². The molecule has 16 heavy (non-hydrogen) atoms. The summed E-state index contributed by atoms with van der Waals surface area (Å²) in [5.74, 6) is -1.69. The maximum atomic E-state index is 13.1. The number of esters is 1. The minimum Gasteiger partial charge on any atom is -0.505 e. The predicted molar refractivity (Wildman–Crippen MR) is 56.5 cm³/mol. The molecule has 88 valence electrons. The van der Waals surface area contributed by atoms with Gasteiger partial charge in [-0.1, -0.05) is 13.0 Å². The van der Waals surface area contributed by atoms with Crippen molar-refractivity contribution < 1.29 is 19.0 Å². The number of methoxy groups -OCH3 is 1. The highest BCUT2D eigenvalue weighted by Gasteiger charge is 2.21. The molecule has 0 aliphatic heterocycles. The largest absolute Gasteiger partial charge is 0.505 e. The van der Waals surface area contributed by atoms with Gasteiger partial charge in [-0.2, -0.15) is 0 Å². The number of hydrogen-bond donors (Lipinski definition) is 2. The van der Waals surface area contributed by atoms with E-state index in [1.165, 1.54) is 19.2 Å². The van der Waals surface area contributed by atoms with Crippen LogP contribution in [0.2, 0.25) is 0 Å². The van der Waals surface area contributed by atoms with Crippen LogP contribution in [0.15, 0.2) is 18.2 Å². The number of phenols is 1. The summed E-state index contributed by atoms with van der Waals surface area (Å²) in [7, 11) is 1.27. The highest BCUT2D eigenvalue weighted by atomic mass is 19.1. The van der Waals surface area contributed by atoms with Crippen molar-refractivity contribution in [2.24, 2.45) is 0 Å². The first-order valence-electron chi connectivity index (χ1n) is 4.89. The summed E-state index contributed by atoms with van der Waals surface area (Å²) in [5, 5.41) is 11.9. The second kappa shape index (κ2) is 5.46. The molecule has 0 radical (unpaired) electrons. The Labute approximate surface area is 93.0 Å². The normalized spacial score (nSPS) is 12.2. The van der Waals surface area contributed by atoms with Crippen molar-refractivity contribution in [2.45, 2.75) is 13.0 Å². The average molecular weight is 227 g/mol. The molecule has 1 unspecified atom stereocenters. The molecule has 0 amide bonds. The minimum atomic E-state index is -0.760. The van der Waals surface area contributed by atoms with E-state index in [0.29, 0.717) is 12.1 Å². The van der Waals surface area contributed by atoms with Gasteiger partial charge in [-0.3, -0.25) is 0 Å². The van der Waals surface area contributed by atoms with E-state index in [2.05, 4.69) is 10.1 Å². The molecule has 1 atom stereocenters. The van der Waals surface area contributed by atoms with E-state index in [1.807, 2.05) is 6.92 Å². The second-order valence-corrected chi connectivity index (χ2v) is 3.22. The number of carbonyl (C=O) groups excluding carboxylic acids is 1. The third-order valence-electron chi connectivity index (χ3n) is 2.15. The second-order valence-electron chi connectivity index (χ2n) is 3.22. The van der Waals surface area contributed by atoms with Crippen LogP contribution in [0.25, 0.3) is 0 Å². The van der Waals surface area contributed by atoms with Crippen molar-refractivity contribution in [3.05, 3.63) is 29.6 Å². The van der Waals surface area contributed by atoms with Gasteiger partial charge in [0.2, 0.25) is 0 Å². The molecule has 1 aromatic rings. The lowest BCUT2D eigenvalue weighted by atomic mass is 10.1. The highest BCUT2D eigenvalue weighted by molar-refractivity contribution is 5.77. The summed E-state index contributed by atoms with van der Waals surface area (Å²) in [5.41, 5.74) is 0.420. The van der Waals surface area contributed by atoms with Gasteiger partial charge in [0, 0.05) is 0 Å². The number of phenolic OH excluding ortho intramolecular Hbond substituents is 1. The molecule has 0 bridgehead atoms. The van der Waals surface area contributed by atoms with Crippen LogP contribution in [0.5, 0.6) is 5.75 Å². The maximum Gasteiger partial charge on any atom is 0.327 e. The van der Waals surface area contributed by atoms with Gasteiger partial charge in [0.15, 0.2) is 11.6 Å². The van der Waals surface area contributed by atoms with Gasteiger partial charge >= 0.3 is 5.97 Å². The number of carbonyl (C=O) groups is 1. The Morgan fingerprint density at radius 3 is 2.81 bits per heavy atom. The summed E-state index contributed by atoms with van der Waals surface area (Å²) < 4.78 is 17.7. The fraction of sp³-hybridized carbons (Fsp3) is 0.364. The Morgan fingerprint density at radius 1 is 1.62 bits per heavy atom. The molecule has 0 spiro atoms. The van der Waals surface area contributed by atoms with Crippen LogP contribution in [-0.2, 0) is 9.53 Å². The van der Waals surface area contributed by atoms with Gasteiger partial charge in [-0.25, -0.2) is 9.18 Å². The molecule has 0 saturated heterocycles. The molecule has 0 aromatic heterocycles. The van der Waals surface area contributed by atoms with Gasteiger partial charge < -0.3 is 15.2 Å². The van der Waals surface area contributed by atoms with Crippen LogP contribution in [0, 0.1) is 5.82 Å². The molecule has 4 nitrogen and oxygen atoms in total. The molecule has 0 heterocycles. The van der Waals surface area contributed by atoms with E-state index in [0.717, 1.165) is 6.07 Å². The summed E-state index contributed by atoms with van der Waals surface area (Å²) >= 11 is 0. The Hall–Kier alpha value is -1.62. The van der Waals surface area contributed by atoms with Crippen LogP contribution in [-0.4, -0.2) is 24.7 Å². The molecule has 0 fully saturated rings. The Kier molecular flexibility index (Phi) is 4.25. The average Bonchev–Trinajstić information content (AvgIpc) is 2.29. The molecular formula is C11H14FNO3. The zero-order valence-corrected chi connectivity index (χ0v) is 9.16. The van der Waals surface area contributed by atoms with Crippen LogP contribution >= 0.6 is 0 Å². The fourth-order valence-corrected chi connectivity index (χ4v) is 1.36. The van der Waals surface area contributed by atoms with Crippen LogP contribution in [0.4, 0.5) is 4.39 Å². The van der Waals surface area contributed by atoms with Crippen LogP contribution in [0.1, 0.15) is 18.5 Å². The van der Waals surface area contributed by atoms with Gasteiger partial charge in [-0.05, 0) is 24.2 Å².